The molecule has 0 bridgehead atoms. The SMILES string of the molecule is O=S(=O)(Cl)c1cc(Br)c(OCCc2cccnc2)cc1F. The van der Waals surface area contributed by atoms with Crippen molar-refractivity contribution in [2.75, 3.05) is 6.61 Å². The van der Waals surface area contributed by atoms with Gasteiger partial charge in [0.1, 0.15) is 16.5 Å². The van der Waals surface area contributed by atoms with E-state index in [1.54, 1.807) is 12.4 Å². The monoisotopic (exact) mass is 393 g/mol. The molecule has 2 rings (SSSR count). The maximum Gasteiger partial charge on any atom is 0.264 e. The van der Waals surface area contributed by atoms with Crippen LogP contribution in [0.5, 0.6) is 5.75 Å². The van der Waals surface area contributed by atoms with Crippen molar-refractivity contribution in [1.29, 1.82) is 0 Å². The van der Waals surface area contributed by atoms with Crippen molar-refractivity contribution in [3.8, 4) is 5.75 Å². The average Bonchev–Trinajstić information content (AvgIpc) is 2.42. The molecule has 1 aromatic carbocycles. The Hall–Kier alpha value is -1.18. The highest BCUT2D eigenvalue weighted by atomic mass is 79.9. The lowest BCUT2D eigenvalue weighted by Gasteiger charge is -2.10. The third-order valence-electron chi connectivity index (χ3n) is 2.62. The molecular weight excluding hydrogens is 385 g/mol. The predicted octanol–water partition coefficient (Wildman–Crippen LogP) is 3.53. The van der Waals surface area contributed by atoms with E-state index in [1.807, 2.05) is 12.1 Å². The first-order valence-corrected chi connectivity index (χ1v) is 8.93. The van der Waals surface area contributed by atoms with Gasteiger partial charge in [-0.3, -0.25) is 4.98 Å². The van der Waals surface area contributed by atoms with E-state index >= 15 is 0 Å². The van der Waals surface area contributed by atoms with Crippen LogP contribution in [0, 0.1) is 5.82 Å². The zero-order valence-electron chi connectivity index (χ0n) is 10.6. The van der Waals surface area contributed by atoms with E-state index < -0.39 is 19.8 Å². The summed E-state index contributed by atoms with van der Waals surface area (Å²) in [6, 6.07) is 5.78. The predicted molar refractivity (Wildman–Crippen MR) is 80.6 cm³/mol. The van der Waals surface area contributed by atoms with Gasteiger partial charge in [-0.25, -0.2) is 12.8 Å². The van der Waals surface area contributed by atoms with Gasteiger partial charge in [0, 0.05) is 35.6 Å². The van der Waals surface area contributed by atoms with Gasteiger partial charge in [-0.15, -0.1) is 0 Å². The average molecular weight is 395 g/mol. The van der Waals surface area contributed by atoms with Gasteiger partial charge in [-0.1, -0.05) is 6.07 Å². The van der Waals surface area contributed by atoms with E-state index in [4.69, 9.17) is 15.4 Å². The molecule has 0 N–H and O–H groups in total. The van der Waals surface area contributed by atoms with Gasteiger partial charge in [-0.05, 0) is 33.6 Å². The van der Waals surface area contributed by atoms with Crippen LogP contribution in [0.1, 0.15) is 5.56 Å². The van der Waals surface area contributed by atoms with E-state index in [-0.39, 0.29) is 5.75 Å². The first-order chi connectivity index (χ1) is 9.88. The maximum absolute atomic E-state index is 13.7. The van der Waals surface area contributed by atoms with Crippen LogP contribution in [-0.2, 0) is 15.5 Å². The third kappa shape index (κ3) is 4.39. The molecule has 0 spiro atoms. The van der Waals surface area contributed by atoms with E-state index in [9.17, 15) is 12.8 Å². The standard InChI is InChI=1S/C13H10BrClFNO3S/c14-10-6-13(21(15,18)19)11(16)7-12(10)20-5-3-9-2-1-4-17-8-9/h1-2,4,6-8H,3,5H2. The second kappa shape index (κ2) is 6.72. The van der Waals surface area contributed by atoms with E-state index in [2.05, 4.69) is 20.9 Å². The minimum atomic E-state index is -4.13. The first-order valence-electron chi connectivity index (χ1n) is 5.83. The number of hydrogen-bond acceptors (Lipinski definition) is 4. The Morgan fingerprint density at radius 2 is 2.14 bits per heavy atom. The highest BCUT2D eigenvalue weighted by Crippen LogP contribution is 2.31. The fourth-order valence-electron chi connectivity index (χ4n) is 1.63. The molecular formula is C13H10BrClFNO3S. The van der Waals surface area contributed by atoms with E-state index in [1.165, 1.54) is 0 Å². The van der Waals surface area contributed by atoms with Crippen LogP contribution >= 0.6 is 26.6 Å². The Morgan fingerprint density at radius 1 is 1.38 bits per heavy atom. The van der Waals surface area contributed by atoms with Gasteiger partial charge in [0.2, 0.25) is 0 Å². The van der Waals surface area contributed by atoms with Crippen LogP contribution in [0.3, 0.4) is 0 Å². The van der Waals surface area contributed by atoms with Gasteiger partial charge in [0.15, 0.2) is 0 Å². The zero-order valence-corrected chi connectivity index (χ0v) is 13.8. The Labute approximate surface area is 134 Å². The Bertz CT molecular complexity index is 741. The van der Waals surface area contributed by atoms with Gasteiger partial charge >= 0.3 is 0 Å². The molecule has 4 nitrogen and oxygen atoms in total. The highest BCUT2D eigenvalue weighted by molar-refractivity contribution is 9.10. The van der Waals surface area contributed by atoms with Crippen molar-refractivity contribution >= 4 is 35.7 Å². The molecule has 0 aliphatic rings. The number of pyridine rings is 1. The van der Waals surface area contributed by atoms with Crippen LogP contribution in [0.25, 0.3) is 0 Å². The fourth-order valence-corrected chi connectivity index (χ4v) is 3.15. The molecule has 21 heavy (non-hydrogen) atoms. The summed E-state index contributed by atoms with van der Waals surface area (Å²) in [4.78, 5) is 3.39. The van der Waals surface area contributed by atoms with Gasteiger partial charge in [0.25, 0.3) is 9.05 Å². The number of benzene rings is 1. The quantitative estimate of drug-likeness (QED) is 0.728. The molecule has 0 aliphatic heterocycles. The van der Waals surface area contributed by atoms with Gasteiger partial charge in [0.05, 0.1) is 11.1 Å². The molecule has 0 aliphatic carbocycles. The minimum absolute atomic E-state index is 0.209. The van der Waals surface area contributed by atoms with Crippen LogP contribution < -0.4 is 4.74 Å². The van der Waals surface area contributed by atoms with Crippen molar-refractivity contribution in [3.63, 3.8) is 0 Å². The molecule has 112 valence electrons. The van der Waals surface area contributed by atoms with Crippen LogP contribution in [0.2, 0.25) is 0 Å². The number of ether oxygens (including phenoxy) is 1. The van der Waals surface area contributed by atoms with Gasteiger partial charge in [-0.2, -0.15) is 0 Å². The summed E-state index contributed by atoms with van der Waals surface area (Å²) >= 11 is 3.13. The number of halogens is 3. The first kappa shape index (κ1) is 16.2. The van der Waals surface area contributed by atoms with Crippen LogP contribution in [0.15, 0.2) is 46.0 Å². The summed E-state index contributed by atoms with van der Waals surface area (Å²) in [5, 5.41) is 0. The Balaban J connectivity index is 2.09. The molecule has 1 aromatic heterocycles. The maximum atomic E-state index is 13.7. The summed E-state index contributed by atoms with van der Waals surface area (Å²) in [7, 11) is 1.00. The third-order valence-corrected chi connectivity index (χ3v) is 4.58. The Morgan fingerprint density at radius 3 is 2.76 bits per heavy atom. The smallest absolute Gasteiger partial charge is 0.264 e. The topological polar surface area (TPSA) is 56.3 Å². The molecule has 0 saturated carbocycles. The molecule has 0 saturated heterocycles. The summed E-state index contributed by atoms with van der Waals surface area (Å²) in [5.41, 5.74) is 0.981. The summed E-state index contributed by atoms with van der Waals surface area (Å²) in [6.45, 7) is 0.302. The molecule has 0 atom stereocenters. The normalized spacial score (nSPS) is 11.4. The van der Waals surface area contributed by atoms with Crippen molar-refractivity contribution in [2.24, 2.45) is 0 Å². The second-order valence-electron chi connectivity index (χ2n) is 4.11. The van der Waals surface area contributed by atoms with Crippen molar-refractivity contribution in [1.82, 2.24) is 4.98 Å². The molecule has 8 heteroatoms. The van der Waals surface area contributed by atoms with Gasteiger partial charge < -0.3 is 4.74 Å². The number of hydrogen-bond donors (Lipinski definition) is 0. The molecule has 0 radical (unpaired) electrons. The number of aromatic nitrogens is 1. The summed E-state index contributed by atoms with van der Waals surface area (Å²) < 4.78 is 41.8. The Kier molecular flexibility index (Phi) is 5.18. The lowest BCUT2D eigenvalue weighted by Crippen LogP contribution is -2.04. The summed E-state index contributed by atoms with van der Waals surface area (Å²) in [6.07, 6.45) is 3.97. The number of rotatable bonds is 5. The molecule has 0 fully saturated rings. The van der Waals surface area contributed by atoms with E-state index in [0.29, 0.717) is 17.5 Å². The largest absolute Gasteiger partial charge is 0.492 e. The summed E-state index contributed by atoms with van der Waals surface area (Å²) in [5.74, 6) is -0.745. The molecule has 0 amide bonds. The van der Waals surface area contributed by atoms with Crippen LogP contribution in [-0.4, -0.2) is 20.0 Å². The highest BCUT2D eigenvalue weighted by Gasteiger charge is 2.19. The lowest BCUT2D eigenvalue weighted by molar-refractivity contribution is 0.317. The fraction of sp³-hybridized carbons (Fsp3) is 0.154. The van der Waals surface area contributed by atoms with Crippen molar-refractivity contribution in [2.45, 2.75) is 11.3 Å². The molecule has 1 heterocycles. The van der Waals surface area contributed by atoms with Crippen molar-refractivity contribution in [3.05, 3.63) is 52.5 Å². The van der Waals surface area contributed by atoms with Crippen LogP contribution in [0.4, 0.5) is 4.39 Å². The van der Waals surface area contributed by atoms with Crippen molar-refractivity contribution < 1.29 is 17.5 Å². The second-order valence-corrected chi connectivity index (χ2v) is 7.50. The number of nitrogens with zero attached hydrogens (tertiary/aromatic N) is 1. The lowest BCUT2D eigenvalue weighted by atomic mass is 10.2. The molecule has 0 unspecified atom stereocenters. The molecule has 2 aromatic rings. The zero-order chi connectivity index (χ0) is 15.5. The minimum Gasteiger partial charge on any atom is -0.492 e. The van der Waals surface area contributed by atoms with E-state index in [0.717, 1.165) is 17.7 Å².